The van der Waals surface area contributed by atoms with E-state index in [0.29, 0.717) is 0 Å². The van der Waals surface area contributed by atoms with E-state index in [-0.39, 0.29) is 0 Å². The molecule has 3 aromatic carbocycles. The number of hydrogen-bond acceptors (Lipinski definition) is 0. The van der Waals surface area contributed by atoms with Gasteiger partial charge in [0.2, 0.25) is 0 Å². The fourth-order valence-electron chi connectivity index (χ4n) is 2.68. The minimum absolute atomic E-state index is 1.09. The summed E-state index contributed by atoms with van der Waals surface area (Å²) in [5.41, 5.74) is 3.56. The highest BCUT2D eigenvalue weighted by Gasteiger charge is 2.22. The average molecular weight is 257 g/mol. The van der Waals surface area contributed by atoms with Gasteiger partial charge in [0.15, 0.2) is 0 Å². The molecule has 0 heteroatoms. The highest BCUT2D eigenvalue weighted by Crippen LogP contribution is 2.34. The van der Waals surface area contributed by atoms with Crippen molar-refractivity contribution < 1.29 is 0 Å². The predicted molar refractivity (Wildman–Crippen MR) is 86.7 cm³/mol. The molecule has 0 fully saturated rings. The Kier molecular flexibility index (Phi) is 3.30. The zero-order chi connectivity index (χ0) is 13.9. The standard InChI is InChI=1S/C20H17/c1-15(2)20(17-10-4-3-5-11-17)19-14-8-12-16-9-6-7-13-18(16)19/h3-14H,1H2,2H3/q+1. The van der Waals surface area contributed by atoms with E-state index in [0.717, 1.165) is 5.57 Å². The Bertz CT molecular complexity index is 733. The van der Waals surface area contributed by atoms with Gasteiger partial charge in [0, 0.05) is 16.3 Å². The molecular weight excluding hydrogens is 240 g/mol. The Morgan fingerprint density at radius 3 is 2.20 bits per heavy atom. The molecule has 0 amide bonds. The fraction of sp³-hybridized carbons (Fsp3) is 0.0500. The molecule has 0 atom stereocenters. The number of benzene rings is 3. The second kappa shape index (κ2) is 5.26. The average Bonchev–Trinajstić information content (AvgIpc) is 2.48. The van der Waals surface area contributed by atoms with Crippen molar-refractivity contribution in [1.29, 1.82) is 0 Å². The molecule has 3 rings (SSSR count). The van der Waals surface area contributed by atoms with E-state index in [4.69, 9.17) is 0 Å². The fourth-order valence-corrected chi connectivity index (χ4v) is 2.68. The van der Waals surface area contributed by atoms with Crippen LogP contribution in [0, 0.1) is 5.92 Å². The highest BCUT2D eigenvalue weighted by atomic mass is 14.2. The maximum Gasteiger partial charge on any atom is 0.0725 e. The molecule has 0 bridgehead atoms. The first-order chi connectivity index (χ1) is 9.77. The van der Waals surface area contributed by atoms with E-state index in [1.54, 1.807) is 0 Å². The molecule has 0 unspecified atom stereocenters. The van der Waals surface area contributed by atoms with Gasteiger partial charge >= 0.3 is 0 Å². The van der Waals surface area contributed by atoms with Crippen molar-refractivity contribution in [1.82, 2.24) is 0 Å². The summed E-state index contributed by atoms with van der Waals surface area (Å²) in [7, 11) is 0. The summed E-state index contributed by atoms with van der Waals surface area (Å²) >= 11 is 0. The first kappa shape index (κ1) is 12.6. The summed E-state index contributed by atoms with van der Waals surface area (Å²) in [5, 5.41) is 2.54. The van der Waals surface area contributed by atoms with Crippen molar-refractivity contribution in [2.75, 3.05) is 0 Å². The van der Waals surface area contributed by atoms with Crippen LogP contribution < -0.4 is 0 Å². The van der Waals surface area contributed by atoms with Gasteiger partial charge in [0.05, 0.1) is 17.0 Å². The zero-order valence-electron chi connectivity index (χ0n) is 11.6. The van der Waals surface area contributed by atoms with E-state index in [9.17, 15) is 0 Å². The van der Waals surface area contributed by atoms with E-state index < -0.39 is 0 Å². The normalized spacial score (nSPS) is 10.4. The third-order valence-electron chi connectivity index (χ3n) is 3.55. The molecule has 0 aliphatic heterocycles. The third kappa shape index (κ3) is 2.21. The molecule has 0 aromatic heterocycles. The van der Waals surface area contributed by atoms with Crippen LogP contribution in [-0.2, 0) is 0 Å². The van der Waals surface area contributed by atoms with Crippen LogP contribution in [0.1, 0.15) is 18.1 Å². The van der Waals surface area contributed by atoms with Crippen molar-refractivity contribution in [3.05, 3.63) is 102 Å². The van der Waals surface area contributed by atoms with E-state index in [1.807, 2.05) is 6.07 Å². The Morgan fingerprint density at radius 2 is 1.45 bits per heavy atom. The number of fused-ring (bicyclic) bond motifs is 1. The lowest BCUT2D eigenvalue weighted by Crippen LogP contribution is -2.03. The van der Waals surface area contributed by atoms with Crippen LogP contribution in [0.3, 0.4) is 0 Å². The molecule has 20 heavy (non-hydrogen) atoms. The molecule has 0 N–H and O–H groups in total. The van der Waals surface area contributed by atoms with E-state index >= 15 is 0 Å². The quantitative estimate of drug-likeness (QED) is 0.552. The lowest BCUT2D eigenvalue weighted by atomic mass is 9.84. The molecule has 0 nitrogen and oxygen atoms in total. The Morgan fingerprint density at radius 1 is 0.800 bits per heavy atom. The molecule has 0 aliphatic carbocycles. The van der Waals surface area contributed by atoms with Gasteiger partial charge in [-0.25, -0.2) is 0 Å². The van der Waals surface area contributed by atoms with Crippen LogP contribution >= 0.6 is 0 Å². The SMILES string of the molecule is C=C(C)[C+](c1ccccc1)c1cccc2ccccc12. The van der Waals surface area contributed by atoms with Crippen LogP contribution in [0.15, 0.2) is 84.9 Å². The number of rotatable bonds is 3. The van der Waals surface area contributed by atoms with Crippen LogP contribution in [0.25, 0.3) is 10.8 Å². The van der Waals surface area contributed by atoms with Gasteiger partial charge in [-0.3, -0.25) is 0 Å². The Hall–Kier alpha value is -2.47. The summed E-state index contributed by atoms with van der Waals surface area (Å²) in [5.74, 6) is 1.22. The van der Waals surface area contributed by atoms with Crippen molar-refractivity contribution in [3.63, 3.8) is 0 Å². The molecule has 3 aromatic rings. The molecule has 96 valence electrons. The minimum Gasteiger partial charge on any atom is -0.0605 e. The third-order valence-corrected chi connectivity index (χ3v) is 3.55. The molecule has 0 spiro atoms. The van der Waals surface area contributed by atoms with Crippen LogP contribution in [0.5, 0.6) is 0 Å². The summed E-state index contributed by atoms with van der Waals surface area (Å²) in [6.45, 7) is 6.25. The van der Waals surface area contributed by atoms with E-state index in [2.05, 4.69) is 80.2 Å². The van der Waals surface area contributed by atoms with Gasteiger partial charge in [0.1, 0.15) is 0 Å². The predicted octanol–water partition coefficient (Wildman–Crippen LogP) is 5.39. The maximum absolute atomic E-state index is 4.18. The van der Waals surface area contributed by atoms with Crippen LogP contribution in [0.4, 0.5) is 0 Å². The Labute approximate surface area is 120 Å². The van der Waals surface area contributed by atoms with Gasteiger partial charge in [-0.15, -0.1) is 0 Å². The highest BCUT2D eigenvalue weighted by molar-refractivity contribution is 5.89. The topological polar surface area (TPSA) is 0 Å². The summed E-state index contributed by atoms with van der Waals surface area (Å²) in [6, 6.07) is 25.4. The summed E-state index contributed by atoms with van der Waals surface area (Å²) in [6.07, 6.45) is 0. The molecule has 0 saturated carbocycles. The van der Waals surface area contributed by atoms with Gasteiger partial charge < -0.3 is 0 Å². The lowest BCUT2D eigenvalue weighted by Gasteiger charge is -2.14. The van der Waals surface area contributed by atoms with Crippen LogP contribution in [-0.4, -0.2) is 0 Å². The summed E-state index contributed by atoms with van der Waals surface area (Å²) in [4.78, 5) is 0. The van der Waals surface area contributed by atoms with Crippen molar-refractivity contribution in [2.45, 2.75) is 6.92 Å². The number of allylic oxidation sites excluding steroid dienone is 1. The zero-order valence-corrected chi connectivity index (χ0v) is 11.6. The second-order valence-corrected chi connectivity index (χ2v) is 5.05. The molecule has 0 aliphatic rings. The minimum atomic E-state index is 1.09. The first-order valence-electron chi connectivity index (χ1n) is 6.84. The Balaban J connectivity index is 2.23. The van der Waals surface area contributed by atoms with Gasteiger partial charge in [-0.2, -0.15) is 0 Å². The van der Waals surface area contributed by atoms with Gasteiger partial charge in [-0.05, 0) is 67.6 Å². The van der Waals surface area contributed by atoms with Crippen molar-refractivity contribution in [2.24, 2.45) is 0 Å². The van der Waals surface area contributed by atoms with E-state index in [1.165, 1.54) is 27.8 Å². The summed E-state index contributed by atoms with van der Waals surface area (Å²) < 4.78 is 0. The van der Waals surface area contributed by atoms with Gasteiger partial charge in [0.25, 0.3) is 0 Å². The van der Waals surface area contributed by atoms with Gasteiger partial charge in [-0.1, -0.05) is 18.7 Å². The molecule has 0 saturated heterocycles. The molecule has 0 radical (unpaired) electrons. The van der Waals surface area contributed by atoms with Crippen molar-refractivity contribution >= 4 is 10.8 Å². The number of hydrogen-bond donors (Lipinski definition) is 0. The molecular formula is C20H17+. The van der Waals surface area contributed by atoms with Crippen molar-refractivity contribution in [3.8, 4) is 0 Å². The molecule has 0 heterocycles. The lowest BCUT2D eigenvalue weighted by molar-refractivity contribution is 1.21. The first-order valence-corrected chi connectivity index (χ1v) is 6.84. The second-order valence-electron chi connectivity index (χ2n) is 5.05. The smallest absolute Gasteiger partial charge is 0.0605 e. The maximum atomic E-state index is 4.18. The van der Waals surface area contributed by atoms with Crippen LogP contribution in [0.2, 0.25) is 0 Å². The largest absolute Gasteiger partial charge is 0.0725 e. The monoisotopic (exact) mass is 257 g/mol.